The van der Waals surface area contributed by atoms with Crippen molar-refractivity contribution in [3.63, 3.8) is 0 Å². The van der Waals surface area contributed by atoms with Gasteiger partial charge in [0.1, 0.15) is 5.92 Å². The van der Waals surface area contributed by atoms with E-state index in [2.05, 4.69) is 10.3 Å². The Morgan fingerprint density at radius 3 is 2.65 bits per heavy atom. The second-order valence-corrected chi connectivity index (χ2v) is 6.76. The molecular formula is C16H14F3N3O3S. The minimum Gasteiger partial charge on any atom is -0.363 e. The highest BCUT2D eigenvalue weighted by molar-refractivity contribution is 7.12. The number of urea groups is 1. The number of hydrogen-bond donors (Lipinski definition) is 2. The molecule has 1 aliphatic rings. The third-order valence-electron chi connectivity index (χ3n) is 4.37. The molecule has 2 aromatic rings. The lowest BCUT2D eigenvalue weighted by atomic mass is 9.78. The van der Waals surface area contributed by atoms with Crippen LogP contribution in [0.2, 0.25) is 0 Å². The zero-order valence-electron chi connectivity index (χ0n) is 13.4. The number of amides is 2. The molecule has 0 aliphatic carbocycles. The number of aliphatic hydroxyl groups is 1. The van der Waals surface area contributed by atoms with Crippen LogP contribution >= 0.6 is 11.3 Å². The number of carbonyl (C=O) groups is 2. The highest BCUT2D eigenvalue weighted by Gasteiger charge is 2.69. The quantitative estimate of drug-likeness (QED) is 0.796. The van der Waals surface area contributed by atoms with E-state index in [4.69, 9.17) is 0 Å². The van der Waals surface area contributed by atoms with Crippen LogP contribution in [0.5, 0.6) is 0 Å². The van der Waals surface area contributed by atoms with E-state index in [-0.39, 0.29) is 15.3 Å². The molecule has 138 valence electrons. The Bertz CT molecular complexity index is 813. The highest BCUT2D eigenvalue weighted by Crippen LogP contribution is 2.47. The van der Waals surface area contributed by atoms with E-state index >= 15 is 0 Å². The van der Waals surface area contributed by atoms with E-state index in [1.807, 2.05) is 0 Å². The zero-order chi connectivity index (χ0) is 19.1. The van der Waals surface area contributed by atoms with Gasteiger partial charge in [-0.25, -0.2) is 4.79 Å². The summed E-state index contributed by atoms with van der Waals surface area (Å²) in [6, 6.07) is 3.27. The number of nitrogens with one attached hydrogen (secondary N) is 1. The number of nitrogens with zero attached hydrogens (tertiary/aromatic N) is 2. The first kappa shape index (κ1) is 18.3. The Morgan fingerprint density at radius 1 is 1.38 bits per heavy atom. The molecule has 0 saturated carbocycles. The normalized spacial score (nSPS) is 26.5. The van der Waals surface area contributed by atoms with Crippen LogP contribution in [0, 0.1) is 5.92 Å². The summed E-state index contributed by atoms with van der Waals surface area (Å²) in [4.78, 5) is 29.0. The fraction of sp³-hybridized carbons (Fsp3) is 0.312. The molecule has 2 amide bonds. The molecule has 0 radical (unpaired) electrons. The van der Waals surface area contributed by atoms with E-state index in [0.29, 0.717) is 0 Å². The van der Waals surface area contributed by atoms with Crippen molar-refractivity contribution in [1.82, 2.24) is 15.2 Å². The van der Waals surface area contributed by atoms with E-state index in [1.165, 1.54) is 36.7 Å². The van der Waals surface area contributed by atoms with Gasteiger partial charge in [-0.3, -0.25) is 14.7 Å². The molecule has 0 unspecified atom stereocenters. The Labute approximate surface area is 150 Å². The average molecular weight is 385 g/mol. The van der Waals surface area contributed by atoms with Gasteiger partial charge in [-0.05, 0) is 23.1 Å². The second kappa shape index (κ2) is 6.36. The minimum absolute atomic E-state index is 0.0520. The van der Waals surface area contributed by atoms with Crippen LogP contribution in [-0.4, -0.2) is 45.8 Å². The van der Waals surface area contributed by atoms with E-state index < -0.39 is 35.7 Å². The fourth-order valence-corrected chi connectivity index (χ4v) is 3.72. The average Bonchev–Trinajstić information content (AvgIpc) is 3.13. The summed E-state index contributed by atoms with van der Waals surface area (Å²) in [5, 5.41) is 14.5. The third kappa shape index (κ3) is 2.74. The number of pyridine rings is 1. The molecule has 26 heavy (non-hydrogen) atoms. The number of hydrogen-bond acceptors (Lipinski definition) is 5. The summed E-state index contributed by atoms with van der Waals surface area (Å²) >= 11 is 0.960. The van der Waals surface area contributed by atoms with Crippen LogP contribution < -0.4 is 5.32 Å². The molecule has 0 spiro atoms. The fourth-order valence-electron chi connectivity index (χ4n) is 3.02. The Hall–Kier alpha value is -2.46. The van der Waals surface area contributed by atoms with E-state index in [1.54, 1.807) is 5.38 Å². The lowest BCUT2D eigenvalue weighted by Gasteiger charge is -2.49. The molecule has 0 aromatic carbocycles. The standard InChI is InChI=1S/C16H14F3N3O3S/c1-22-14(24)21-12(9-4-2-6-20-8-9)11(15(22,25)16(17,18)19)13(23)10-5-3-7-26-10/h2-8,11-12,25H,1H3,(H,21,24)/t11-,12+,15+/m0/s1. The van der Waals surface area contributed by atoms with Gasteiger partial charge in [0.15, 0.2) is 5.78 Å². The summed E-state index contributed by atoms with van der Waals surface area (Å²) in [5.74, 6) is -2.92. The van der Waals surface area contributed by atoms with Gasteiger partial charge in [0, 0.05) is 19.4 Å². The van der Waals surface area contributed by atoms with E-state index in [0.717, 1.165) is 18.4 Å². The van der Waals surface area contributed by atoms with Gasteiger partial charge in [-0.15, -0.1) is 11.3 Å². The summed E-state index contributed by atoms with van der Waals surface area (Å²) in [6.45, 7) is 0. The maximum absolute atomic E-state index is 13.9. The first-order valence-corrected chi connectivity index (χ1v) is 8.37. The number of aromatic nitrogens is 1. The van der Waals surface area contributed by atoms with Crippen molar-refractivity contribution in [3.8, 4) is 0 Å². The van der Waals surface area contributed by atoms with Gasteiger partial charge in [-0.2, -0.15) is 13.2 Å². The smallest absolute Gasteiger partial charge is 0.363 e. The Kier molecular flexibility index (Phi) is 4.49. The number of thiophene rings is 1. The van der Waals surface area contributed by atoms with Gasteiger partial charge < -0.3 is 10.4 Å². The molecule has 2 N–H and O–H groups in total. The number of ketones is 1. The highest BCUT2D eigenvalue weighted by atomic mass is 32.1. The molecule has 3 heterocycles. The van der Waals surface area contributed by atoms with Crippen molar-refractivity contribution in [2.24, 2.45) is 5.92 Å². The van der Waals surface area contributed by atoms with Gasteiger partial charge >= 0.3 is 12.2 Å². The second-order valence-electron chi connectivity index (χ2n) is 5.82. The molecule has 2 aromatic heterocycles. The van der Waals surface area contributed by atoms with Crippen molar-refractivity contribution in [2.45, 2.75) is 17.9 Å². The zero-order valence-corrected chi connectivity index (χ0v) is 14.2. The van der Waals surface area contributed by atoms with Crippen molar-refractivity contribution >= 4 is 23.2 Å². The van der Waals surface area contributed by atoms with E-state index in [9.17, 15) is 27.9 Å². The Morgan fingerprint density at radius 2 is 2.12 bits per heavy atom. The summed E-state index contributed by atoms with van der Waals surface area (Å²) in [7, 11) is 0.803. The molecule has 3 atom stereocenters. The summed E-state index contributed by atoms with van der Waals surface area (Å²) in [5.41, 5.74) is -3.48. The van der Waals surface area contributed by atoms with Crippen molar-refractivity contribution in [3.05, 3.63) is 52.5 Å². The monoisotopic (exact) mass is 385 g/mol. The van der Waals surface area contributed by atoms with Crippen LogP contribution in [0.15, 0.2) is 42.0 Å². The topological polar surface area (TPSA) is 82.5 Å². The first-order chi connectivity index (χ1) is 12.2. The largest absolute Gasteiger partial charge is 0.437 e. The molecular weight excluding hydrogens is 371 g/mol. The molecule has 1 saturated heterocycles. The molecule has 3 rings (SSSR count). The molecule has 6 nitrogen and oxygen atoms in total. The van der Waals surface area contributed by atoms with Gasteiger partial charge in [0.2, 0.25) is 0 Å². The SMILES string of the molecule is CN1C(=O)N[C@H](c2cccnc2)[C@@H](C(=O)c2cccs2)[C@@]1(O)C(F)(F)F. The van der Waals surface area contributed by atoms with Crippen molar-refractivity contribution in [1.29, 1.82) is 0 Å². The number of halogens is 3. The van der Waals surface area contributed by atoms with Crippen LogP contribution in [0.3, 0.4) is 0 Å². The van der Waals surface area contributed by atoms with Crippen molar-refractivity contribution in [2.75, 3.05) is 7.05 Å². The maximum atomic E-state index is 13.9. The van der Waals surface area contributed by atoms with Crippen LogP contribution in [0.25, 0.3) is 0 Å². The van der Waals surface area contributed by atoms with Crippen molar-refractivity contribution < 1.29 is 27.9 Å². The summed E-state index contributed by atoms with van der Waals surface area (Å²) < 4.78 is 41.6. The van der Waals surface area contributed by atoms with Crippen LogP contribution in [-0.2, 0) is 0 Å². The predicted molar refractivity (Wildman–Crippen MR) is 86.4 cm³/mol. The number of carbonyl (C=O) groups excluding carboxylic acids is 2. The third-order valence-corrected chi connectivity index (χ3v) is 5.25. The Balaban J connectivity index is 2.20. The first-order valence-electron chi connectivity index (χ1n) is 7.49. The van der Waals surface area contributed by atoms with Crippen LogP contribution in [0.4, 0.5) is 18.0 Å². The van der Waals surface area contributed by atoms with Gasteiger partial charge in [0.05, 0.1) is 10.9 Å². The number of Topliss-reactive ketones (excluding diaryl/α,β-unsaturated/α-hetero) is 1. The molecule has 1 fully saturated rings. The van der Waals surface area contributed by atoms with Gasteiger partial charge in [-0.1, -0.05) is 12.1 Å². The number of alkyl halides is 3. The lowest BCUT2D eigenvalue weighted by Crippen LogP contribution is -2.72. The minimum atomic E-state index is -5.25. The lowest BCUT2D eigenvalue weighted by molar-refractivity contribution is -0.322. The van der Waals surface area contributed by atoms with Gasteiger partial charge in [0.25, 0.3) is 5.72 Å². The molecule has 0 bridgehead atoms. The number of rotatable bonds is 3. The summed E-state index contributed by atoms with van der Waals surface area (Å²) in [6.07, 6.45) is -2.59. The predicted octanol–water partition coefficient (Wildman–Crippen LogP) is 2.59. The maximum Gasteiger partial charge on any atom is 0.437 e. The van der Waals surface area contributed by atoms with Crippen LogP contribution in [0.1, 0.15) is 21.3 Å². The molecule has 1 aliphatic heterocycles. The molecule has 10 heteroatoms.